The molecule has 6 heteroatoms. The molecule has 0 spiro atoms. The number of hydrogen-bond acceptors (Lipinski definition) is 4. The Morgan fingerprint density at radius 1 is 1.27 bits per heavy atom. The average molecular weight is 351 g/mol. The van der Waals surface area contributed by atoms with Crippen LogP contribution in [0, 0.1) is 5.82 Å². The highest BCUT2D eigenvalue weighted by atomic mass is 19.1. The van der Waals surface area contributed by atoms with Gasteiger partial charge in [0.25, 0.3) is 5.91 Å². The van der Waals surface area contributed by atoms with Crippen LogP contribution in [0.4, 0.5) is 10.1 Å². The largest absolute Gasteiger partial charge is 0.496 e. The van der Waals surface area contributed by atoms with Crippen molar-refractivity contribution in [2.45, 2.75) is 13.5 Å². The number of nitrogens with two attached hydrogens (primary N) is 1. The Labute approximate surface area is 150 Å². The van der Waals surface area contributed by atoms with Crippen LogP contribution in [-0.2, 0) is 6.54 Å². The van der Waals surface area contributed by atoms with E-state index >= 15 is 0 Å². The standard InChI is InChI=1S/C20H18FN3O2/c1-3-24-10-15-17(20(24)25)18(22)13-6-4-5-12(19(13)23-15)14-9-11(21)7-8-16(14)26-2/h4-9H,3,10H2,1-2H3,(H2,22,23). The molecular weight excluding hydrogens is 333 g/mol. The summed E-state index contributed by atoms with van der Waals surface area (Å²) in [5.41, 5.74) is 9.84. The molecule has 0 saturated carbocycles. The first-order valence-corrected chi connectivity index (χ1v) is 8.39. The Bertz CT molecular complexity index is 1050. The lowest BCUT2D eigenvalue weighted by molar-refractivity contribution is 0.0787. The van der Waals surface area contributed by atoms with Crippen LogP contribution in [0.5, 0.6) is 5.75 Å². The fraction of sp³-hybridized carbons (Fsp3) is 0.200. The van der Waals surface area contributed by atoms with Crippen LogP contribution in [0.3, 0.4) is 0 Å². The number of nitrogen functional groups attached to an aromatic ring is 1. The Morgan fingerprint density at radius 2 is 2.08 bits per heavy atom. The summed E-state index contributed by atoms with van der Waals surface area (Å²) in [5.74, 6) is 0.0911. The van der Waals surface area contributed by atoms with Crippen molar-refractivity contribution in [2.75, 3.05) is 19.4 Å². The minimum Gasteiger partial charge on any atom is -0.496 e. The molecule has 5 nitrogen and oxygen atoms in total. The number of fused-ring (bicyclic) bond motifs is 2. The first kappa shape index (κ1) is 16.3. The van der Waals surface area contributed by atoms with Gasteiger partial charge < -0.3 is 15.4 Å². The lowest BCUT2D eigenvalue weighted by atomic mass is 9.98. The molecule has 3 aromatic rings. The zero-order valence-corrected chi connectivity index (χ0v) is 14.5. The predicted molar refractivity (Wildman–Crippen MR) is 98.5 cm³/mol. The van der Waals surface area contributed by atoms with E-state index < -0.39 is 0 Å². The molecule has 2 N–H and O–H groups in total. The first-order chi connectivity index (χ1) is 12.5. The Morgan fingerprint density at radius 3 is 2.81 bits per heavy atom. The maximum absolute atomic E-state index is 13.9. The van der Waals surface area contributed by atoms with Gasteiger partial charge in [-0.2, -0.15) is 0 Å². The van der Waals surface area contributed by atoms with E-state index in [1.807, 2.05) is 25.1 Å². The van der Waals surface area contributed by atoms with Gasteiger partial charge >= 0.3 is 0 Å². The van der Waals surface area contributed by atoms with E-state index in [-0.39, 0.29) is 11.7 Å². The number of para-hydroxylation sites is 1. The van der Waals surface area contributed by atoms with Gasteiger partial charge in [0, 0.05) is 23.1 Å². The summed E-state index contributed by atoms with van der Waals surface area (Å²) >= 11 is 0. The minimum atomic E-state index is -0.362. The number of benzene rings is 2. The summed E-state index contributed by atoms with van der Waals surface area (Å²) in [7, 11) is 1.54. The van der Waals surface area contributed by atoms with Crippen molar-refractivity contribution in [3.63, 3.8) is 0 Å². The highest BCUT2D eigenvalue weighted by molar-refractivity contribution is 6.11. The Kier molecular flexibility index (Phi) is 3.76. The number of nitrogens with zero attached hydrogens (tertiary/aromatic N) is 2. The third-order valence-electron chi connectivity index (χ3n) is 4.81. The van der Waals surface area contributed by atoms with Crippen molar-refractivity contribution in [3.05, 3.63) is 53.5 Å². The lowest BCUT2D eigenvalue weighted by Crippen LogP contribution is -2.23. The zero-order chi connectivity index (χ0) is 18.4. The second-order valence-electron chi connectivity index (χ2n) is 6.21. The number of ether oxygens (including phenoxy) is 1. The van der Waals surface area contributed by atoms with Crippen LogP contribution in [0.2, 0.25) is 0 Å². The van der Waals surface area contributed by atoms with Crippen molar-refractivity contribution in [1.29, 1.82) is 0 Å². The van der Waals surface area contributed by atoms with Crippen LogP contribution >= 0.6 is 0 Å². The number of carbonyl (C=O) groups excluding carboxylic acids is 1. The van der Waals surface area contributed by atoms with Crippen LogP contribution < -0.4 is 10.5 Å². The average Bonchev–Trinajstić information content (AvgIpc) is 2.97. The van der Waals surface area contributed by atoms with E-state index in [1.54, 1.807) is 18.1 Å². The smallest absolute Gasteiger partial charge is 0.258 e. The fourth-order valence-corrected chi connectivity index (χ4v) is 3.49. The molecular formula is C20H18FN3O2. The summed E-state index contributed by atoms with van der Waals surface area (Å²) in [6.07, 6.45) is 0. The number of hydrogen-bond donors (Lipinski definition) is 1. The SMILES string of the molecule is CCN1Cc2nc3c(-c4cc(F)ccc4OC)cccc3c(N)c2C1=O. The molecule has 1 aromatic heterocycles. The summed E-state index contributed by atoms with van der Waals surface area (Å²) in [4.78, 5) is 19.0. The van der Waals surface area contributed by atoms with Crippen molar-refractivity contribution in [1.82, 2.24) is 9.88 Å². The first-order valence-electron chi connectivity index (χ1n) is 8.39. The van der Waals surface area contributed by atoms with Gasteiger partial charge in [0.05, 0.1) is 36.1 Å². The van der Waals surface area contributed by atoms with E-state index in [1.165, 1.54) is 12.1 Å². The van der Waals surface area contributed by atoms with Crippen molar-refractivity contribution in [3.8, 4) is 16.9 Å². The molecule has 1 aliphatic heterocycles. The quantitative estimate of drug-likeness (QED) is 0.783. The van der Waals surface area contributed by atoms with Crippen LogP contribution in [-0.4, -0.2) is 29.4 Å². The number of anilines is 1. The number of pyridine rings is 1. The fourth-order valence-electron chi connectivity index (χ4n) is 3.49. The number of amides is 1. The van der Waals surface area contributed by atoms with Gasteiger partial charge in [-0.15, -0.1) is 0 Å². The van der Waals surface area contributed by atoms with Crippen molar-refractivity contribution < 1.29 is 13.9 Å². The number of carbonyl (C=O) groups is 1. The molecule has 0 bridgehead atoms. The van der Waals surface area contributed by atoms with Gasteiger partial charge in [0.2, 0.25) is 0 Å². The Balaban J connectivity index is 2.02. The monoisotopic (exact) mass is 351 g/mol. The molecule has 2 aromatic carbocycles. The van der Waals surface area contributed by atoms with Gasteiger partial charge in [-0.05, 0) is 25.1 Å². The van der Waals surface area contributed by atoms with Crippen molar-refractivity contribution in [2.24, 2.45) is 0 Å². The number of rotatable bonds is 3. The minimum absolute atomic E-state index is 0.0943. The van der Waals surface area contributed by atoms with E-state index in [0.29, 0.717) is 52.3 Å². The molecule has 26 heavy (non-hydrogen) atoms. The molecule has 0 saturated heterocycles. The van der Waals surface area contributed by atoms with E-state index in [0.717, 1.165) is 5.56 Å². The van der Waals surface area contributed by atoms with Crippen LogP contribution in [0.25, 0.3) is 22.0 Å². The molecule has 4 rings (SSSR count). The molecule has 1 aliphatic rings. The molecule has 0 fully saturated rings. The number of halogens is 1. The summed E-state index contributed by atoms with van der Waals surface area (Å²) in [6.45, 7) is 2.94. The number of aromatic nitrogens is 1. The number of methoxy groups -OCH3 is 1. The molecule has 132 valence electrons. The van der Waals surface area contributed by atoms with Gasteiger partial charge in [-0.25, -0.2) is 9.37 Å². The molecule has 0 aliphatic carbocycles. The van der Waals surface area contributed by atoms with Gasteiger partial charge in [-0.1, -0.05) is 18.2 Å². The van der Waals surface area contributed by atoms with Gasteiger partial charge in [0.15, 0.2) is 0 Å². The van der Waals surface area contributed by atoms with Crippen LogP contribution in [0.15, 0.2) is 36.4 Å². The lowest BCUT2D eigenvalue weighted by Gasteiger charge is -2.13. The maximum Gasteiger partial charge on any atom is 0.258 e. The Hall–Kier alpha value is -3.15. The third kappa shape index (κ3) is 2.29. The highest BCUT2D eigenvalue weighted by Gasteiger charge is 2.31. The second kappa shape index (κ2) is 5.98. The molecule has 0 unspecified atom stereocenters. The van der Waals surface area contributed by atoms with E-state index in [2.05, 4.69) is 0 Å². The predicted octanol–water partition coefficient (Wildman–Crippen LogP) is 3.61. The topological polar surface area (TPSA) is 68.5 Å². The molecule has 0 atom stereocenters. The van der Waals surface area contributed by atoms with Crippen LogP contribution in [0.1, 0.15) is 23.0 Å². The second-order valence-corrected chi connectivity index (χ2v) is 6.21. The molecule has 2 heterocycles. The zero-order valence-electron chi connectivity index (χ0n) is 14.5. The molecule has 1 amide bonds. The summed E-state index contributed by atoms with van der Waals surface area (Å²) in [6, 6.07) is 9.86. The molecule has 0 radical (unpaired) electrons. The van der Waals surface area contributed by atoms with Gasteiger partial charge in [-0.3, -0.25) is 4.79 Å². The summed E-state index contributed by atoms with van der Waals surface area (Å²) < 4.78 is 19.3. The third-order valence-corrected chi connectivity index (χ3v) is 4.81. The van der Waals surface area contributed by atoms with E-state index in [4.69, 9.17) is 15.5 Å². The highest BCUT2D eigenvalue weighted by Crippen LogP contribution is 2.39. The normalized spacial score (nSPS) is 13.3. The van der Waals surface area contributed by atoms with E-state index in [9.17, 15) is 9.18 Å². The maximum atomic E-state index is 13.9. The van der Waals surface area contributed by atoms with Crippen molar-refractivity contribution >= 4 is 22.5 Å². The van der Waals surface area contributed by atoms with Gasteiger partial charge in [0.1, 0.15) is 11.6 Å². The summed E-state index contributed by atoms with van der Waals surface area (Å²) in [5, 5.41) is 0.680.